The predicted molar refractivity (Wildman–Crippen MR) is 107 cm³/mol. The predicted octanol–water partition coefficient (Wildman–Crippen LogP) is -1.37. The molecule has 0 heterocycles. The third-order valence-corrected chi connectivity index (χ3v) is 7.10. The molecule has 0 atom stereocenters. The van der Waals surface area contributed by atoms with Crippen LogP contribution in [0.1, 0.15) is 13.8 Å². The number of fused-ring (bicyclic) bond motifs is 1. The number of aliphatic hydroxyl groups excluding tert-OH is 1. The molecule has 3 aromatic carbocycles. The monoisotopic (exact) mass is 484 g/mol. The van der Waals surface area contributed by atoms with Crippen molar-refractivity contribution in [3.05, 3.63) is 66.7 Å². The number of hydrogen-bond acceptors (Lipinski definition) is 1. The normalized spacial score (nSPS) is 9.65. The van der Waals surface area contributed by atoms with Gasteiger partial charge in [-0.05, 0) is 6.04 Å². The van der Waals surface area contributed by atoms with Crippen LogP contribution in [0.3, 0.4) is 0 Å². The first-order chi connectivity index (χ1) is 11.4. The molecule has 0 fully saturated rings. The number of rotatable bonds is 3. The van der Waals surface area contributed by atoms with Crippen molar-refractivity contribution in [3.63, 3.8) is 0 Å². The van der Waals surface area contributed by atoms with Gasteiger partial charge in [-0.25, -0.2) is 12.1 Å². The maximum Gasteiger partial charge on any atom is 0.0558 e. The molecule has 0 amide bonds. The van der Waals surface area contributed by atoms with E-state index in [1.54, 1.807) is 24.2 Å². The van der Waals surface area contributed by atoms with Crippen LogP contribution in [0.15, 0.2) is 66.7 Å². The van der Waals surface area contributed by atoms with Gasteiger partial charge in [0.1, 0.15) is 0 Å². The fourth-order valence-corrected chi connectivity index (χ4v) is 4.26. The van der Waals surface area contributed by atoms with Crippen molar-refractivity contribution in [2.45, 2.75) is 33.0 Å². The fraction of sp³-hybridized carbons (Fsp3) is 0.286. The second kappa shape index (κ2) is 14.7. The Bertz CT molecular complexity index is 686. The van der Waals surface area contributed by atoms with Crippen LogP contribution in [0, 0.1) is 0 Å². The van der Waals surface area contributed by atoms with Gasteiger partial charge in [-0.3, -0.25) is 0 Å². The molecule has 0 aliphatic carbocycles. The van der Waals surface area contributed by atoms with Gasteiger partial charge in [-0.1, -0.05) is 19.2 Å². The summed E-state index contributed by atoms with van der Waals surface area (Å²) in [5.41, 5.74) is 0. The third-order valence-electron chi connectivity index (χ3n) is 3.73. The van der Waals surface area contributed by atoms with Crippen LogP contribution < -0.4 is 30.0 Å². The van der Waals surface area contributed by atoms with E-state index in [0.717, 1.165) is 6.04 Å². The number of benzene rings is 1. The van der Waals surface area contributed by atoms with Crippen LogP contribution >= 0.6 is 0 Å². The Balaban J connectivity index is 0. The van der Waals surface area contributed by atoms with Crippen molar-refractivity contribution in [1.29, 1.82) is 0 Å². The summed E-state index contributed by atoms with van der Waals surface area (Å²) in [5.74, 6) is 0. The van der Waals surface area contributed by atoms with Crippen LogP contribution in [0.4, 0.5) is 0 Å². The molecule has 0 aliphatic rings. The van der Waals surface area contributed by atoms with E-state index in [1.165, 1.54) is 19.2 Å². The summed E-state index contributed by atoms with van der Waals surface area (Å²) in [6.07, 6.45) is 0. The molecule has 142 valence electrons. The molecular formula is C21H28Cl2OSiZr-2. The summed E-state index contributed by atoms with van der Waals surface area (Å²) in [6.45, 7) is 9.15. The van der Waals surface area contributed by atoms with Crippen molar-refractivity contribution in [2.75, 3.05) is 6.61 Å². The first-order valence-electron chi connectivity index (χ1n) is 8.32. The zero-order valence-electron chi connectivity index (χ0n) is 16.0. The largest absolute Gasteiger partial charge is 1.00 e. The van der Waals surface area contributed by atoms with E-state index in [1.807, 2.05) is 0 Å². The third kappa shape index (κ3) is 10.7. The van der Waals surface area contributed by atoms with Gasteiger partial charge in [0.2, 0.25) is 0 Å². The Labute approximate surface area is 186 Å². The second-order valence-corrected chi connectivity index (χ2v) is 14.0. The molecule has 0 spiro atoms. The molecule has 26 heavy (non-hydrogen) atoms. The van der Waals surface area contributed by atoms with Crippen LogP contribution in [0.2, 0.25) is 19.1 Å². The molecule has 1 nitrogen and oxygen atoms in total. The van der Waals surface area contributed by atoms with Gasteiger partial charge in [0.05, 0.1) is 8.07 Å². The van der Waals surface area contributed by atoms with Crippen LogP contribution in [-0.2, 0) is 24.2 Å². The van der Waals surface area contributed by atoms with E-state index in [4.69, 9.17) is 5.11 Å². The average molecular weight is 487 g/mol. The van der Waals surface area contributed by atoms with Gasteiger partial charge < -0.3 is 29.9 Å². The van der Waals surface area contributed by atoms with E-state index >= 15 is 0 Å². The van der Waals surface area contributed by atoms with Gasteiger partial charge in [0.25, 0.3) is 0 Å². The van der Waals surface area contributed by atoms with Gasteiger partial charge >= 0.3 is 41.3 Å². The van der Waals surface area contributed by atoms with Crippen molar-refractivity contribution >= 4 is 27.2 Å². The Kier molecular flexibility index (Phi) is 15.8. The first kappa shape index (κ1) is 27.9. The smallest absolute Gasteiger partial charge is 0.0558 e. The molecule has 3 rings (SSSR count). The summed E-state index contributed by atoms with van der Waals surface area (Å²) in [5, 5.41) is 12.9. The Hall–Kier alpha value is -0.310. The molecule has 0 radical (unpaired) electrons. The second-order valence-electron chi connectivity index (χ2n) is 6.69. The maximum atomic E-state index is 8.84. The zero-order chi connectivity index (χ0) is 18.0. The van der Waals surface area contributed by atoms with Crippen molar-refractivity contribution < 1.29 is 54.2 Å². The maximum absolute atomic E-state index is 8.84. The molecule has 3 aromatic rings. The van der Waals surface area contributed by atoms with E-state index < -0.39 is 8.07 Å². The van der Waals surface area contributed by atoms with E-state index in [9.17, 15) is 0 Å². The zero-order valence-corrected chi connectivity index (χ0v) is 20.9. The molecule has 5 heteroatoms. The van der Waals surface area contributed by atoms with E-state index in [2.05, 4.69) is 93.7 Å². The fourth-order valence-electron chi connectivity index (χ4n) is 2.32. The van der Waals surface area contributed by atoms with Crippen molar-refractivity contribution in [1.82, 2.24) is 0 Å². The van der Waals surface area contributed by atoms with Gasteiger partial charge in [0.15, 0.2) is 0 Å². The molecular weight excluding hydrogens is 458 g/mol. The minimum atomic E-state index is -1.28. The van der Waals surface area contributed by atoms with Crippen molar-refractivity contribution in [3.8, 4) is 0 Å². The number of halogens is 2. The van der Waals surface area contributed by atoms with Crippen LogP contribution in [-0.4, -0.2) is 23.0 Å². The minimum Gasteiger partial charge on any atom is -1.00 e. The number of hydrogen-bond donors (Lipinski definition) is 1. The number of aliphatic hydroxyl groups is 1. The molecule has 0 aliphatic heterocycles. The van der Waals surface area contributed by atoms with Gasteiger partial charge in [-0.15, -0.1) is 29.7 Å². The molecule has 0 saturated carbocycles. The molecule has 0 bridgehead atoms. The molecule has 0 saturated heterocycles. The summed E-state index contributed by atoms with van der Waals surface area (Å²) < 4.78 is 1.51. The first-order valence-corrected chi connectivity index (χ1v) is 12.8. The topological polar surface area (TPSA) is 20.2 Å². The Morgan fingerprint density at radius 3 is 2.08 bits per heavy atom. The summed E-state index contributed by atoms with van der Waals surface area (Å²) >= 11 is 1.55. The Morgan fingerprint density at radius 1 is 0.962 bits per heavy atom. The molecule has 0 aromatic heterocycles. The van der Waals surface area contributed by atoms with E-state index in [0.29, 0.717) is 6.61 Å². The minimum absolute atomic E-state index is 0. The summed E-state index contributed by atoms with van der Waals surface area (Å²) in [4.78, 5) is 0. The summed E-state index contributed by atoms with van der Waals surface area (Å²) in [7, 11) is -1.28. The van der Waals surface area contributed by atoms with E-state index in [-0.39, 0.29) is 24.8 Å². The summed E-state index contributed by atoms with van der Waals surface area (Å²) in [6, 6.07) is 24.1. The van der Waals surface area contributed by atoms with Gasteiger partial charge in [-0.2, -0.15) is 34.8 Å². The SMILES string of the molecule is C[C](C)=[Zr+2].C[Si](C)(CCO)c1ccc[cH-]1.[Cl-].[Cl-].c1ccc2[cH-]ccc2c1. The van der Waals surface area contributed by atoms with Crippen LogP contribution in [0.25, 0.3) is 10.8 Å². The molecule has 0 unspecified atom stereocenters. The average Bonchev–Trinajstić information content (AvgIpc) is 3.19. The quantitative estimate of drug-likeness (QED) is 0.358. The van der Waals surface area contributed by atoms with Crippen molar-refractivity contribution in [2.24, 2.45) is 0 Å². The van der Waals surface area contributed by atoms with Gasteiger partial charge in [0, 0.05) is 6.61 Å². The standard InChI is InChI=1S/C9H15OSi.C9H7.C3H6.2ClH.Zr/c1-11(2,8-7-10)9-5-3-4-6-9;1-2-5-9-7-3-6-8(9)4-1;1-3-2;;;/h3-6,10H,7-8H2,1-2H3;1-7H;1-2H3;2*1H;/q2*-1;;;;+2/p-2. The Morgan fingerprint density at radius 2 is 1.58 bits per heavy atom. The molecule has 1 N–H and O–H groups in total. The van der Waals surface area contributed by atoms with Crippen LogP contribution in [0.5, 0.6) is 0 Å².